The lowest BCUT2D eigenvalue weighted by molar-refractivity contribution is 0.00191. The van der Waals surface area contributed by atoms with E-state index >= 15 is 0 Å². The predicted molar refractivity (Wildman–Crippen MR) is 101 cm³/mol. The Morgan fingerprint density at radius 1 is 1.32 bits per heavy atom. The van der Waals surface area contributed by atoms with Crippen molar-refractivity contribution < 1.29 is 14.3 Å². The summed E-state index contributed by atoms with van der Waals surface area (Å²) in [6, 6.07) is 5.40. The van der Waals surface area contributed by atoms with Gasteiger partial charge in [-0.3, -0.25) is 9.69 Å². The van der Waals surface area contributed by atoms with Crippen LogP contribution in [-0.4, -0.2) is 56.8 Å². The molecule has 1 aromatic carbocycles. The van der Waals surface area contributed by atoms with Gasteiger partial charge in [-0.1, -0.05) is 38.3 Å². The summed E-state index contributed by atoms with van der Waals surface area (Å²) in [4.78, 5) is 15.1. The van der Waals surface area contributed by atoms with Crippen LogP contribution in [0, 0.1) is 5.92 Å². The van der Waals surface area contributed by atoms with Gasteiger partial charge in [0.1, 0.15) is 5.75 Å². The first-order valence-electron chi connectivity index (χ1n) is 9.04. The van der Waals surface area contributed by atoms with Crippen molar-refractivity contribution in [3.63, 3.8) is 0 Å². The van der Waals surface area contributed by atoms with Gasteiger partial charge >= 0.3 is 0 Å². The summed E-state index contributed by atoms with van der Waals surface area (Å²) in [7, 11) is 1.56. The average Bonchev–Trinajstić information content (AvgIpc) is 2.65. The minimum atomic E-state index is -0.149. The van der Waals surface area contributed by atoms with E-state index < -0.39 is 0 Å². The molecule has 1 unspecified atom stereocenters. The van der Waals surface area contributed by atoms with Gasteiger partial charge in [-0.15, -0.1) is 0 Å². The highest BCUT2D eigenvalue weighted by Crippen LogP contribution is 2.23. The van der Waals surface area contributed by atoms with Crippen molar-refractivity contribution in [2.75, 3.05) is 40.0 Å². The van der Waals surface area contributed by atoms with Gasteiger partial charge in [0.05, 0.1) is 25.9 Å². The van der Waals surface area contributed by atoms with Crippen LogP contribution in [0.4, 0.5) is 0 Å². The molecule has 140 valence electrons. The maximum Gasteiger partial charge on any atom is 0.255 e. The molecule has 0 saturated carbocycles. The summed E-state index contributed by atoms with van der Waals surface area (Å²) in [5, 5.41) is 3.61. The summed E-state index contributed by atoms with van der Waals surface area (Å²) < 4.78 is 10.8. The molecule has 0 aromatic heterocycles. The zero-order valence-corrected chi connectivity index (χ0v) is 16.1. The molecule has 1 fully saturated rings. The van der Waals surface area contributed by atoms with Gasteiger partial charge in [0.2, 0.25) is 0 Å². The molecule has 5 nitrogen and oxygen atoms in total. The van der Waals surface area contributed by atoms with E-state index in [2.05, 4.69) is 24.1 Å². The van der Waals surface area contributed by atoms with Gasteiger partial charge in [-0.05, 0) is 24.1 Å². The number of carbonyl (C=O) groups excluding carboxylic acids is 1. The second-order valence-electron chi connectivity index (χ2n) is 6.35. The number of ether oxygens (including phenoxy) is 2. The van der Waals surface area contributed by atoms with Gasteiger partial charge < -0.3 is 14.8 Å². The number of morpholine rings is 1. The molecular weight excluding hydrogens is 340 g/mol. The Balaban J connectivity index is 2.08. The molecular formula is C19H29ClN2O3. The Morgan fingerprint density at radius 2 is 2.00 bits per heavy atom. The molecule has 1 aromatic rings. The molecule has 1 aliphatic heterocycles. The number of hydrogen-bond donors (Lipinski definition) is 1. The van der Waals surface area contributed by atoms with Crippen molar-refractivity contribution in [2.45, 2.75) is 32.7 Å². The maximum absolute atomic E-state index is 12.7. The summed E-state index contributed by atoms with van der Waals surface area (Å²) in [6.45, 7) is 8.38. The zero-order valence-electron chi connectivity index (χ0n) is 15.4. The lowest BCUT2D eigenvalue weighted by Gasteiger charge is -2.38. The van der Waals surface area contributed by atoms with Crippen molar-refractivity contribution in [3.8, 4) is 5.75 Å². The van der Waals surface area contributed by atoms with Crippen LogP contribution in [0.2, 0.25) is 5.02 Å². The van der Waals surface area contributed by atoms with Gasteiger partial charge in [0.15, 0.2) is 0 Å². The number of benzene rings is 1. The molecule has 1 N–H and O–H groups in total. The van der Waals surface area contributed by atoms with Gasteiger partial charge in [-0.2, -0.15) is 0 Å². The first-order chi connectivity index (χ1) is 12.1. The van der Waals surface area contributed by atoms with Gasteiger partial charge in [0, 0.05) is 30.7 Å². The third kappa shape index (κ3) is 5.33. The van der Waals surface area contributed by atoms with E-state index in [-0.39, 0.29) is 5.91 Å². The number of nitrogens with one attached hydrogen (secondary N) is 1. The smallest absolute Gasteiger partial charge is 0.255 e. The summed E-state index contributed by atoms with van der Waals surface area (Å²) in [5.41, 5.74) is 0.472. The van der Waals surface area contributed by atoms with Crippen LogP contribution >= 0.6 is 11.6 Å². The van der Waals surface area contributed by atoms with Crippen LogP contribution in [0.3, 0.4) is 0 Å². The van der Waals surface area contributed by atoms with Crippen LogP contribution < -0.4 is 10.1 Å². The standard InChI is InChI=1S/C19H29ClN2O3/c1-4-14(5-2)17(22-8-10-25-11-9-22)13-21-19(23)16-12-15(20)6-7-18(16)24-3/h6-7,12,14,17H,4-5,8-11,13H2,1-3H3,(H,21,23). The zero-order chi connectivity index (χ0) is 18.2. The van der Waals surface area contributed by atoms with Crippen molar-refractivity contribution in [2.24, 2.45) is 5.92 Å². The maximum atomic E-state index is 12.7. The first-order valence-corrected chi connectivity index (χ1v) is 9.42. The molecule has 1 amide bonds. The average molecular weight is 369 g/mol. The minimum absolute atomic E-state index is 0.149. The Morgan fingerprint density at radius 3 is 2.60 bits per heavy atom. The lowest BCUT2D eigenvalue weighted by atomic mass is 9.92. The fourth-order valence-electron chi connectivity index (χ4n) is 3.49. The molecule has 0 bridgehead atoms. The number of rotatable bonds is 8. The molecule has 0 spiro atoms. The Hall–Kier alpha value is -1.30. The molecule has 25 heavy (non-hydrogen) atoms. The number of nitrogens with zero attached hydrogens (tertiary/aromatic N) is 1. The Kier molecular flexibility index (Phi) is 8.00. The summed E-state index contributed by atoms with van der Waals surface area (Å²) in [6.07, 6.45) is 2.18. The fraction of sp³-hybridized carbons (Fsp3) is 0.632. The van der Waals surface area contributed by atoms with Crippen LogP contribution in [0.25, 0.3) is 0 Å². The number of methoxy groups -OCH3 is 1. The molecule has 1 aliphatic rings. The molecule has 1 atom stereocenters. The number of amides is 1. The van der Waals surface area contributed by atoms with E-state index in [4.69, 9.17) is 21.1 Å². The molecule has 6 heteroatoms. The summed E-state index contributed by atoms with van der Waals surface area (Å²) >= 11 is 6.04. The molecule has 2 rings (SSSR count). The van der Waals surface area contributed by atoms with Gasteiger partial charge in [0.25, 0.3) is 5.91 Å². The highest BCUT2D eigenvalue weighted by atomic mass is 35.5. The first kappa shape index (κ1) is 20.0. The number of halogens is 1. The second kappa shape index (κ2) is 10.00. The van der Waals surface area contributed by atoms with Crippen molar-refractivity contribution >= 4 is 17.5 Å². The quantitative estimate of drug-likeness (QED) is 0.765. The van der Waals surface area contributed by atoms with E-state index in [1.54, 1.807) is 25.3 Å². The molecule has 1 saturated heterocycles. The third-order valence-electron chi connectivity index (χ3n) is 4.99. The molecule has 0 aliphatic carbocycles. The lowest BCUT2D eigenvalue weighted by Crippen LogP contribution is -2.52. The third-order valence-corrected chi connectivity index (χ3v) is 5.22. The van der Waals surface area contributed by atoms with Crippen molar-refractivity contribution in [1.29, 1.82) is 0 Å². The fourth-order valence-corrected chi connectivity index (χ4v) is 3.66. The summed E-state index contributed by atoms with van der Waals surface area (Å²) in [5.74, 6) is 0.926. The Labute approximate surface area is 155 Å². The highest BCUT2D eigenvalue weighted by Gasteiger charge is 2.27. The van der Waals surface area contributed by atoms with E-state index in [1.165, 1.54) is 0 Å². The second-order valence-corrected chi connectivity index (χ2v) is 6.78. The van der Waals surface area contributed by atoms with Crippen LogP contribution in [-0.2, 0) is 4.74 Å². The van der Waals surface area contributed by atoms with E-state index in [9.17, 15) is 4.79 Å². The Bertz CT molecular complexity index is 558. The normalized spacial score (nSPS) is 16.7. The van der Waals surface area contributed by atoms with E-state index in [0.29, 0.717) is 34.8 Å². The van der Waals surface area contributed by atoms with E-state index in [1.807, 2.05) is 0 Å². The highest BCUT2D eigenvalue weighted by molar-refractivity contribution is 6.31. The van der Waals surface area contributed by atoms with Crippen LogP contribution in [0.15, 0.2) is 18.2 Å². The minimum Gasteiger partial charge on any atom is -0.496 e. The van der Waals surface area contributed by atoms with Crippen LogP contribution in [0.1, 0.15) is 37.0 Å². The molecule has 0 radical (unpaired) electrons. The number of hydrogen-bond acceptors (Lipinski definition) is 4. The predicted octanol–water partition coefficient (Wildman–Crippen LogP) is 3.22. The topological polar surface area (TPSA) is 50.8 Å². The van der Waals surface area contributed by atoms with E-state index in [0.717, 1.165) is 39.1 Å². The SMILES string of the molecule is CCC(CC)C(CNC(=O)c1cc(Cl)ccc1OC)N1CCOCC1. The molecule has 1 heterocycles. The van der Waals surface area contributed by atoms with Crippen molar-refractivity contribution in [1.82, 2.24) is 10.2 Å². The van der Waals surface area contributed by atoms with Crippen molar-refractivity contribution in [3.05, 3.63) is 28.8 Å². The monoisotopic (exact) mass is 368 g/mol. The number of carbonyl (C=O) groups is 1. The largest absolute Gasteiger partial charge is 0.496 e. The van der Waals surface area contributed by atoms with Crippen LogP contribution in [0.5, 0.6) is 5.75 Å². The van der Waals surface area contributed by atoms with Gasteiger partial charge in [-0.25, -0.2) is 0 Å².